The van der Waals surface area contributed by atoms with Crippen molar-refractivity contribution in [1.82, 2.24) is 0 Å². The van der Waals surface area contributed by atoms with Crippen molar-refractivity contribution in [3.05, 3.63) is 83.7 Å². The number of methoxy groups -OCH3 is 2. The van der Waals surface area contributed by atoms with Gasteiger partial charge in [-0.05, 0) is 42.7 Å². The third kappa shape index (κ3) is 4.39. The van der Waals surface area contributed by atoms with Crippen LogP contribution in [0.15, 0.2) is 66.7 Å². The molecule has 2 amide bonds. The van der Waals surface area contributed by atoms with Crippen molar-refractivity contribution < 1.29 is 23.5 Å². The standard InChI is InChI=1S/C26H25FN2O4/c1-32-22-16-21(23(33-2)15-20(22)28-24(30)17-8-4-3-5-9-17)29-25(31)26(12-7-13-26)18-10-6-11-19(27)14-18/h3-6,8-11,14-16H,7,12-13H2,1-2H3,(H,28,30)(H,29,31). The van der Waals surface area contributed by atoms with Gasteiger partial charge in [-0.3, -0.25) is 9.59 Å². The van der Waals surface area contributed by atoms with Crippen molar-refractivity contribution in [3.8, 4) is 11.5 Å². The zero-order valence-corrected chi connectivity index (χ0v) is 18.5. The number of hydrogen-bond donors (Lipinski definition) is 2. The van der Waals surface area contributed by atoms with Gasteiger partial charge in [0.15, 0.2) is 0 Å². The highest BCUT2D eigenvalue weighted by Crippen LogP contribution is 2.46. The Morgan fingerprint density at radius 2 is 1.48 bits per heavy atom. The summed E-state index contributed by atoms with van der Waals surface area (Å²) in [6.45, 7) is 0. The highest BCUT2D eigenvalue weighted by atomic mass is 19.1. The summed E-state index contributed by atoms with van der Waals surface area (Å²) in [7, 11) is 2.96. The molecular formula is C26H25FN2O4. The molecule has 3 aromatic carbocycles. The lowest BCUT2D eigenvalue weighted by Gasteiger charge is -2.40. The lowest BCUT2D eigenvalue weighted by atomic mass is 9.63. The van der Waals surface area contributed by atoms with Gasteiger partial charge in [0.1, 0.15) is 17.3 Å². The first-order chi connectivity index (χ1) is 16.0. The quantitative estimate of drug-likeness (QED) is 0.524. The summed E-state index contributed by atoms with van der Waals surface area (Å²) in [5.74, 6) is -0.178. The summed E-state index contributed by atoms with van der Waals surface area (Å²) >= 11 is 0. The average molecular weight is 448 g/mol. The summed E-state index contributed by atoms with van der Waals surface area (Å²) in [6.07, 6.45) is 2.15. The minimum absolute atomic E-state index is 0.235. The number of hydrogen-bond acceptors (Lipinski definition) is 4. The summed E-state index contributed by atoms with van der Waals surface area (Å²) in [6, 6.07) is 18.2. The van der Waals surface area contributed by atoms with Gasteiger partial charge in [-0.15, -0.1) is 0 Å². The van der Waals surface area contributed by atoms with E-state index in [1.807, 2.05) is 6.07 Å². The SMILES string of the molecule is COc1cc(NC(=O)C2(c3cccc(F)c3)CCC2)c(OC)cc1NC(=O)c1ccccc1. The minimum atomic E-state index is -0.791. The molecule has 6 nitrogen and oxygen atoms in total. The number of nitrogens with one attached hydrogen (secondary N) is 2. The van der Waals surface area contributed by atoms with Crippen LogP contribution in [0.25, 0.3) is 0 Å². The number of ether oxygens (including phenoxy) is 2. The number of benzene rings is 3. The fraction of sp³-hybridized carbons (Fsp3) is 0.231. The van der Waals surface area contributed by atoms with E-state index in [-0.39, 0.29) is 17.6 Å². The second-order valence-electron chi connectivity index (χ2n) is 7.97. The fourth-order valence-electron chi connectivity index (χ4n) is 4.08. The van der Waals surface area contributed by atoms with Crippen LogP contribution in [-0.4, -0.2) is 26.0 Å². The molecule has 0 aliphatic heterocycles. The smallest absolute Gasteiger partial charge is 0.255 e. The first-order valence-electron chi connectivity index (χ1n) is 10.7. The second kappa shape index (κ2) is 9.32. The Hall–Kier alpha value is -3.87. The molecule has 0 heterocycles. The Balaban J connectivity index is 1.61. The van der Waals surface area contributed by atoms with Gasteiger partial charge in [-0.1, -0.05) is 36.8 Å². The molecule has 1 aliphatic rings. The second-order valence-corrected chi connectivity index (χ2v) is 7.97. The molecule has 0 radical (unpaired) electrons. The third-order valence-electron chi connectivity index (χ3n) is 6.07. The number of carbonyl (C=O) groups excluding carboxylic acids is 2. The Labute approximate surface area is 191 Å². The lowest BCUT2D eigenvalue weighted by molar-refractivity contribution is -0.124. The Kier molecular flexibility index (Phi) is 6.31. The largest absolute Gasteiger partial charge is 0.494 e. The fourth-order valence-corrected chi connectivity index (χ4v) is 4.08. The molecule has 0 aromatic heterocycles. The van der Waals surface area contributed by atoms with E-state index in [4.69, 9.17) is 9.47 Å². The van der Waals surface area contributed by atoms with Crippen molar-refractivity contribution >= 4 is 23.2 Å². The van der Waals surface area contributed by atoms with Crippen LogP contribution in [0.2, 0.25) is 0 Å². The maximum absolute atomic E-state index is 13.8. The molecule has 7 heteroatoms. The predicted octanol–water partition coefficient (Wildman–Crippen LogP) is 5.16. The summed E-state index contributed by atoms with van der Waals surface area (Å²) in [5.41, 5.74) is 1.17. The number of amides is 2. The predicted molar refractivity (Wildman–Crippen MR) is 124 cm³/mol. The van der Waals surface area contributed by atoms with Gasteiger partial charge in [0.2, 0.25) is 5.91 Å². The summed E-state index contributed by atoms with van der Waals surface area (Å²) in [5, 5.41) is 5.75. The normalized spacial score (nSPS) is 14.0. The first kappa shape index (κ1) is 22.3. The van der Waals surface area contributed by atoms with Gasteiger partial charge < -0.3 is 20.1 Å². The maximum Gasteiger partial charge on any atom is 0.255 e. The molecule has 0 unspecified atom stereocenters. The summed E-state index contributed by atoms with van der Waals surface area (Å²) < 4.78 is 24.8. The Morgan fingerprint density at radius 3 is 2.03 bits per heavy atom. The Bertz CT molecular complexity index is 1180. The number of anilines is 2. The molecule has 3 aromatic rings. The first-order valence-corrected chi connectivity index (χ1v) is 10.7. The maximum atomic E-state index is 13.8. The van der Waals surface area contributed by atoms with Gasteiger partial charge >= 0.3 is 0 Å². The average Bonchev–Trinajstić information content (AvgIpc) is 2.79. The van der Waals surface area contributed by atoms with Crippen LogP contribution >= 0.6 is 0 Å². The van der Waals surface area contributed by atoms with E-state index in [1.165, 1.54) is 26.4 Å². The molecule has 1 saturated carbocycles. The monoisotopic (exact) mass is 448 g/mol. The van der Waals surface area contributed by atoms with Gasteiger partial charge in [0.25, 0.3) is 5.91 Å². The highest BCUT2D eigenvalue weighted by Gasteiger charge is 2.46. The van der Waals surface area contributed by atoms with Crippen LogP contribution in [0.5, 0.6) is 11.5 Å². The van der Waals surface area contributed by atoms with Crippen molar-refractivity contribution in [2.45, 2.75) is 24.7 Å². The van der Waals surface area contributed by atoms with Crippen LogP contribution in [0.3, 0.4) is 0 Å². The summed E-state index contributed by atoms with van der Waals surface area (Å²) in [4.78, 5) is 25.9. The molecule has 0 spiro atoms. The molecule has 1 fully saturated rings. The van der Waals surface area contributed by atoms with Crippen LogP contribution in [0.1, 0.15) is 35.2 Å². The molecule has 0 bridgehead atoms. The third-order valence-corrected chi connectivity index (χ3v) is 6.07. The lowest BCUT2D eigenvalue weighted by Crippen LogP contribution is -2.46. The molecule has 0 atom stereocenters. The zero-order valence-electron chi connectivity index (χ0n) is 18.5. The van der Waals surface area contributed by atoms with Crippen molar-refractivity contribution in [2.75, 3.05) is 24.9 Å². The topological polar surface area (TPSA) is 76.7 Å². The van der Waals surface area contributed by atoms with Crippen molar-refractivity contribution in [2.24, 2.45) is 0 Å². The van der Waals surface area contributed by atoms with Crippen LogP contribution in [-0.2, 0) is 10.2 Å². The van der Waals surface area contributed by atoms with Crippen molar-refractivity contribution in [3.63, 3.8) is 0 Å². The van der Waals surface area contributed by atoms with E-state index >= 15 is 0 Å². The molecule has 33 heavy (non-hydrogen) atoms. The van der Waals surface area contributed by atoms with E-state index in [9.17, 15) is 14.0 Å². The van der Waals surface area contributed by atoms with Gasteiger partial charge in [0, 0.05) is 17.7 Å². The van der Waals surface area contributed by atoms with Crippen LogP contribution in [0, 0.1) is 5.82 Å². The number of carbonyl (C=O) groups is 2. The molecule has 2 N–H and O–H groups in total. The molecule has 1 aliphatic carbocycles. The van der Waals surface area contributed by atoms with Crippen LogP contribution < -0.4 is 20.1 Å². The van der Waals surface area contributed by atoms with Crippen molar-refractivity contribution in [1.29, 1.82) is 0 Å². The minimum Gasteiger partial charge on any atom is -0.494 e. The van der Waals surface area contributed by atoms with Gasteiger partial charge in [-0.2, -0.15) is 0 Å². The molecule has 4 rings (SSSR count). The van der Waals surface area contributed by atoms with E-state index < -0.39 is 5.41 Å². The number of halogens is 1. The van der Waals surface area contributed by atoms with Gasteiger partial charge in [-0.25, -0.2) is 4.39 Å². The van der Waals surface area contributed by atoms with Gasteiger partial charge in [0.05, 0.1) is 31.0 Å². The highest BCUT2D eigenvalue weighted by molar-refractivity contribution is 6.06. The molecular weight excluding hydrogens is 423 g/mol. The molecule has 0 saturated heterocycles. The van der Waals surface area contributed by atoms with E-state index in [0.717, 1.165) is 6.42 Å². The van der Waals surface area contributed by atoms with E-state index in [0.29, 0.717) is 46.8 Å². The number of rotatable bonds is 7. The van der Waals surface area contributed by atoms with E-state index in [1.54, 1.807) is 48.5 Å². The Morgan fingerprint density at radius 1 is 0.848 bits per heavy atom. The zero-order chi connectivity index (χ0) is 23.4. The van der Waals surface area contributed by atoms with E-state index in [2.05, 4.69) is 10.6 Å². The molecule has 170 valence electrons. The van der Waals surface area contributed by atoms with Crippen LogP contribution in [0.4, 0.5) is 15.8 Å².